The van der Waals surface area contributed by atoms with Gasteiger partial charge >= 0.3 is 6.03 Å². The number of hydrogen-bond donors (Lipinski definition) is 2. The number of carbonyl (C=O) groups is 1. The molecule has 0 unspecified atom stereocenters. The van der Waals surface area contributed by atoms with Crippen LogP contribution < -0.4 is 15.8 Å². The summed E-state index contributed by atoms with van der Waals surface area (Å²) >= 11 is 0. The van der Waals surface area contributed by atoms with E-state index < -0.39 is 0 Å². The molecule has 1 atom stereocenters. The van der Waals surface area contributed by atoms with Crippen molar-refractivity contribution in [3.63, 3.8) is 0 Å². The summed E-state index contributed by atoms with van der Waals surface area (Å²) in [6.45, 7) is 3.66. The maximum Gasteiger partial charge on any atom is 0.321 e. The highest BCUT2D eigenvalue weighted by molar-refractivity contribution is 5.89. The summed E-state index contributed by atoms with van der Waals surface area (Å²) in [5.74, 6) is 0.579. The zero-order chi connectivity index (χ0) is 17.6. The van der Waals surface area contributed by atoms with Gasteiger partial charge in [0.15, 0.2) is 0 Å². The molecular formula is C19H24N4O2. The lowest BCUT2D eigenvalue weighted by atomic mass is 10.1. The van der Waals surface area contributed by atoms with Gasteiger partial charge in [-0.05, 0) is 43.5 Å². The number of hydrogen-bond acceptors (Lipinski definition) is 4. The molecule has 0 aliphatic carbocycles. The number of anilines is 1. The molecule has 2 amide bonds. The quantitative estimate of drug-likeness (QED) is 0.897. The molecule has 132 valence electrons. The number of urea groups is 1. The normalized spacial score (nSPS) is 17.2. The van der Waals surface area contributed by atoms with Crippen LogP contribution in [0.2, 0.25) is 0 Å². The Morgan fingerprint density at radius 2 is 2.16 bits per heavy atom. The number of nitrogens with one attached hydrogen (secondary N) is 1. The minimum absolute atomic E-state index is 0.0600. The monoisotopic (exact) mass is 340 g/mol. The molecule has 6 nitrogen and oxygen atoms in total. The van der Waals surface area contributed by atoms with Gasteiger partial charge in [0.25, 0.3) is 0 Å². The van der Waals surface area contributed by atoms with Crippen molar-refractivity contribution in [1.82, 2.24) is 9.88 Å². The number of pyridine rings is 1. The smallest absolute Gasteiger partial charge is 0.321 e. The molecule has 1 fully saturated rings. The van der Waals surface area contributed by atoms with E-state index in [4.69, 9.17) is 10.5 Å². The summed E-state index contributed by atoms with van der Waals surface area (Å²) in [6, 6.07) is 13.2. The summed E-state index contributed by atoms with van der Waals surface area (Å²) in [5.41, 5.74) is 8.39. The number of likely N-dealkylation sites (tertiary alicyclic amines) is 1. The lowest BCUT2D eigenvalue weighted by Gasteiger charge is -2.32. The number of ether oxygens (including phenoxy) is 1. The predicted molar refractivity (Wildman–Crippen MR) is 97.5 cm³/mol. The van der Waals surface area contributed by atoms with Crippen LogP contribution in [0.3, 0.4) is 0 Å². The molecule has 1 aromatic carbocycles. The molecule has 2 aromatic rings. The molecule has 3 N–H and O–H groups in total. The third-order valence-electron chi connectivity index (χ3n) is 4.20. The zero-order valence-electron chi connectivity index (χ0n) is 14.4. The molecule has 1 aromatic heterocycles. The first-order valence-electron chi connectivity index (χ1n) is 8.59. The Hall–Kier alpha value is -2.60. The van der Waals surface area contributed by atoms with Gasteiger partial charge in [0, 0.05) is 30.5 Å². The standard InChI is InChI=1S/C19H24N4O2/c1-14-10-15(12-20)11-18(21-14)25-17-8-5-9-23(13-17)19(24)22-16-6-3-2-4-7-16/h2-4,6-7,10-11,17H,5,8-9,12-13,20H2,1H3,(H,22,24)/t17-/m1/s1. The third kappa shape index (κ3) is 4.70. The van der Waals surface area contributed by atoms with Crippen molar-refractivity contribution >= 4 is 11.7 Å². The van der Waals surface area contributed by atoms with Crippen molar-refractivity contribution in [1.29, 1.82) is 0 Å². The largest absolute Gasteiger partial charge is 0.472 e. The first kappa shape index (κ1) is 17.2. The van der Waals surface area contributed by atoms with E-state index in [9.17, 15) is 4.79 Å². The van der Waals surface area contributed by atoms with E-state index in [1.807, 2.05) is 49.4 Å². The molecular weight excluding hydrogens is 316 g/mol. The van der Waals surface area contributed by atoms with Gasteiger partial charge in [0.05, 0.1) is 6.54 Å². The summed E-state index contributed by atoms with van der Waals surface area (Å²) in [7, 11) is 0. The number of rotatable bonds is 4. The molecule has 1 saturated heterocycles. The van der Waals surface area contributed by atoms with Gasteiger partial charge in [-0.15, -0.1) is 0 Å². The second-order valence-corrected chi connectivity index (χ2v) is 6.28. The number of nitrogens with two attached hydrogens (primary N) is 1. The molecule has 1 aliphatic heterocycles. The van der Waals surface area contributed by atoms with E-state index in [1.54, 1.807) is 4.90 Å². The van der Waals surface area contributed by atoms with Crippen LogP contribution in [0.4, 0.5) is 10.5 Å². The summed E-state index contributed by atoms with van der Waals surface area (Å²) in [5, 5.41) is 2.92. The van der Waals surface area contributed by atoms with E-state index in [-0.39, 0.29) is 12.1 Å². The van der Waals surface area contributed by atoms with Gasteiger partial charge < -0.3 is 20.7 Å². The molecule has 0 bridgehead atoms. The molecule has 0 spiro atoms. The van der Waals surface area contributed by atoms with Gasteiger partial charge in [0.2, 0.25) is 5.88 Å². The SMILES string of the molecule is Cc1cc(CN)cc(O[C@@H]2CCCN(C(=O)Nc3ccccc3)C2)n1. The second kappa shape index (κ2) is 7.98. The van der Waals surface area contributed by atoms with Gasteiger partial charge in [0.1, 0.15) is 6.10 Å². The van der Waals surface area contributed by atoms with Crippen molar-refractivity contribution in [3.8, 4) is 5.88 Å². The van der Waals surface area contributed by atoms with Crippen LogP contribution in [-0.2, 0) is 6.54 Å². The number of aryl methyl sites for hydroxylation is 1. The van der Waals surface area contributed by atoms with Crippen LogP contribution in [0.1, 0.15) is 24.1 Å². The Bertz CT molecular complexity index is 721. The Morgan fingerprint density at radius 1 is 1.36 bits per heavy atom. The number of benzene rings is 1. The highest BCUT2D eigenvalue weighted by Gasteiger charge is 2.25. The Morgan fingerprint density at radius 3 is 2.92 bits per heavy atom. The van der Waals surface area contributed by atoms with Crippen LogP contribution in [0.5, 0.6) is 5.88 Å². The topological polar surface area (TPSA) is 80.5 Å². The number of nitrogens with zero attached hydrogens (tertiary/aromatic N) is 2. The van der Waals surface area contributed by atoms with Crippen molar-refractivity contribution in [2.24, 2.45) is 5.73 Å². The number of amides is 2. The van der Waals surface area contributed by atoms with E-state index in [0.717, 1.165) is 36.3 Å². The highest BCUT2D eigenvalue weighted by Crippen LogP contribution is 2.19. The Kier molecular flexibility index (Phi) is 5.50. The molecule has 6 heteroatoms. The zero-order valence-corrected chi connectivity index (χ0v) is 14.4. The van der Waals surface area contributed by atoms with E-state index in [2.05, 4.69) is 10.3 Å². The fourth-order valence-corrected chi connectivity index (χ4v) is 3.00. The van der Waals surface area contributed by atoms with Crippen LogP contribution >= 0.6 is 0 Å². The molecule has 3 rings (SSSR count). The first-order chi connectivity index (χ1) is 12.1. The number of para-hydroxylation sites is 1. The number of carbonyl (C=O) groups excluding carboxylic acids is 1. The first-order valence-corrected chi connectivity index (χ1v) is 8.59. The highest BCUT2D eigenvalue weighted by atomic mass is 16.5. The predicted octanol–water partition coefficient (Wildman–Crippen LogP) is 2.92. The van der Waals surface area contributed by atoms with Crippen LogP contribution in [-0.4, -0.2) is 35.1 Å². The van der Waals surface area contributed by atoms with E-state index in [1.165, 1.54) is 0 Å². The molecule has 1 aliphatic rings. The summed E-state index contributed by atoms with van der Waals surface area (Å²) in [6.07, 6.45) is 1.75. The van der Waals surface area contributed by atoms with Gasteiger partial charge in [-0.2, -0.15) is 0 Å². The maximum absolute atomic E-state index is 12.4. The Balaban J connectivity index is 1.61. The molecule has 25 heavy (non-hydrogen) atoms. The van der Waals surface area contributed by atoms with Gasteiger partial charge in [-0.1, -0.05) is 18.2 Å². The van der Waals surface area contributed by atoms with Crippen molar-refractivity contribution in [2.45, 2.75) is 32.4 Å². The third-order valence-corrected chi connectivity index (χ3v) is 4.20. The number of aromatic nitrogens is 1. The minimum atomic E-state index is -0.0978. The van der Waals surface area contributed by atoms with Crippen molar-refractivity contribution in [2.75, 3.05) is 18.4 Å². The molecule has 2 heterocycles. The lowest BCUT2D eigenvalue weighted by Crippen LogP contribution is -2.46. The van der Waals surface area contributed by atoms with Crippen LogP contribution in [0.15, 0.2) is 42.5 Å². The van der Waals surface area contributed by atoms with E-state index in [0.29, 0.717) is 19.0 Å². The summed E-state index contributed by atoms with van der Waals surface area (Å²) < 4.78 is 6.02. The maximum atomic E-state index is 12.4. The number of piperidine rings is 1. The average molecular weight is 340 g/mol. The summed E-state index contributed by atoms with van der Waals surface area (Å²) in [4.78, 5) is 18.7. The van der Waals surface area contributed by atoms with Crippen molar-refractivity contribution in [3.05, 3.63) is 53.7 Å². The fourth-order valence-electron chi connectivity index (χ4n) is 3.00. The fraction of sp³-hybridized carbons (Fsp3) is 0.368. The average Bonchev–Trinajstić information content (AvgIpc) is 2.62. The van der Waals surface area contributed by atoms with Gasteiger partial charge in [-0.3, -0.25) is 0 Å². The van der Waals surface area contributed by atoms with Crippen LogP contribution in [0.25, 0.3) is 0 Å². The molecule has 0 radical (unpaired) electrons. The van der Waals surface area contributed by atoms with Crippen LogP contribution in [0, 0.1) is 6.92 Å². The van der Waals surface area contributed by atoms with Crippen molar-refractivity contribution < 1.29 is 9.53 Å². The van der Waals surface area contributed by atoms with E-state index >= 15 is 0 Å². The molecule has 0 saturated carbocycles. The van der Waals surface area contributed by atoms with Gasteiger partial charge in [-0.25, -0.2) is 9.78 Å². The Labute approximate surface area is 148 Å². The minimum Gasteiger partial charge on any atom is -0.472 e. The lowest BCUT2D eigenvalue weighted by molar-refractivity contribution is 0.102. The second-order valence-electron chi connectivity index (χ2n) is 6.28.